The Morgan fingerprint density at radius 2 is 1.88 bits per heavy atom. The Labute approximate surface area is 194 Å². The van der Waals surface area contributed by atoms with Crippen molar-refractivity contribution in [3.05, 3.63) is 78.4 Å². The van der Waals surface area contributed by atoms with Crippen molar-refractivity contribution in [2.24, 2.45) is 17.6 Å². The number of fused-ring (bicyclic) bond motifs is 1. The van der Waals surface area contributed by atoms with Gasteiger partial charge >= 0.3 is 0 Å². The number of nitrogen functional groups attached to an aromatic ring is 1. The highest BCUT2D eigenvalue weighted by Gasteiger charge is 2.38. The third-order valence-electron chi connectivity index (χ3n) is 6.82. The van der Waals surface area contributed by atoms with Gasteiger partial charge in [0, 0.05) is 29.9 Å². The first-order valence-electron chi connectivity index (χ1n) is 11.7. The molecule has 0 radical (unpaired) electrons. The lowest BCUT2D eigenvalue weighted by Gasteiger charge is -2.39. The van der Waals surface area contributed by atoms with Crippen LogP contribution in [0.3, 0.4) is 0 Å². The molecule has 1 unspecified atom stereocenters. The van der Waals surface area contributed by atoms with Crippen molar-refractivity contribution >= 4 is 11.3 Å². The third-order valence-corrected chi connectivity index (χ3v) is 6.82. The van der Waals surface area contributed by atoms with Crippen LogP contribution < -0.4 is 16.2 Å². The highest BCUT2D eigenvalue weighted by Crippen LogP contribution is 2.45. The van der Waals surface area contributed by atoms with Crippen LogP contribution in [0, 0.1) is 11.8 Å². The van der Waals surface area contributed by atoms with Crippen LogP contribution in [0.15, 0.2) is 67.0 Å². The first kappa shape index (κ1) is 21.5. The Balaban J connectivity index is 1.44. The fourth-order valence-electron chi connectivity index (χ4n) is 4.78. The number of aromatic nitrogens is 3. The number of nitrogens with two attached hydrogens (primary N) is 2. The van der Waals surface area contributed by atoms with Gasteiger partial charge in [-0.05, 0) is 42.4 Å². The maximum atomic E-state index is 6.41. The summed E-state index contributed by atoms with van der Waals surface area (Å²) in [5.41, 5.74) is 16.5. The van der Waals surface area contributed by atoms with Crippen LogP contribution in [-0.4, -0.2) is 20.4 Å². The first-order valence-corrected chi connectivity index (χ1v) is 11.7. The molecule has 2 heterocycles. The molecule has 1 aliphatic rings. The number of rotatable bonds is 7. The Hall–Kier alpha value is -3.38. The molecule has 6 nitrogen and oxygen atoms in total. The van der Waals surface area contributed by atoms with E-state index in [1.165, 1.54) is 0 Å². The Morgan fingerprint density at radius 3 is 2.64 bits per heavy atom. The summed E-state index contributed by atoms with van der Waals surface area (Å²) in [5.74, 6) is 3.73. The lowest BCUT2D eigenvalue weighted by atomic mass is 9.68. The summed E-state index contributed by atoms with van der Waals surface area (Å²) in [6.45, 7) is 4.91. The minimum atomic E-state index is 0.233. The molecule has 4 aromatic rings. The summed E-state index contributed by atoms with van der Waals surface area (Å²) in [5, 5.41) is 0. The van der Waals surface area contributed by atoms with Crippen molar-refractivity contribution in [2.45, 2.75) is 45.3 Å². The van der Waals surface area contributed by atoms with Gasteiger partial charge < -0.3 is 16.2 Å². The van der Waals surface area contributed by atoms with Crippen LogP contribution in [0.2, 0.25) is 0 Å². The number of nitrogens with zero attached hydrogens (tertiary/aromatic N) is 3. The number of imidazole rings is 1. The number of anilines is 1. The second kappa shape index (κ2) is 8.87. The Kier molecular flexibility index (Phi) is 5.77. The average molecular weight is 442 g/mol. The molecular formula is C27H31N5O. The molecule has 6 heteroatoms. The van der Waals surface area contributed by atoms with Gasteiger partial charge in [0.15, 0.2) is 0 Å². The van der Waals surface area contributed by atoms with E-state index in [4.69, 9.17) is 21.2 Å². The first-order chi connectivity index (χ1) is 16.0. The van der Waals surface area contributed by atoms with E-state index in [0.717, 1.165) is 46.8 Å². The molecule has 1 aliphatic carbocycles. The standard InChI is InChI=1S/C27H31N5O/c1-17(2)23(28)20-13-21(14-20)27-31-24(25-26(29)30-11-12-32(25)27)19-9-6-10-22(15-19)33-16-18-7-4-3-5-8-18/h3-12,15,17,20-21,23H,13-14,16,28H2,1-2H3,(H2,29,30). The highest BCUT2D eigenvalue weighted by atomic mass is 16.5. The quantitative estimate of drug-likeness (QED) is 0.419. The van der Waals surface area contributed by atoms with E-state index in [1.807, 2.05) is 48.7 Å². The number of ether oxygens (including phenoxy) is 1. The van der Waals surface area contributed by atoms with Crippen molar-refractivity contribution in [1.29, 1.82) is 0 Å². The predicted octanol–water partition coefficient (Wildman–Crippen LogP) is 5.03. The van der Waals surface area contributed by atoms with Crippen molar-refractivity contribution in [3.63, 3.8) is 0 Å². The second-order valence-corrected chi connectivity index (χ2v) is 9.40. The topological polar surface area (TPSA) is 91.5 Å². The number of hydrogen-bond acceptors (Lipinski definition) is 5. The monoisotopic (exact) mass is 441 g/mol. The van der Waals surface area contributed by atoms with Crippen LogP contribution >= 0.6 is 0 Å². The van der Waals surface area contributed by atoms with Gasteiger partial charge in [0.2, 0.25) is 0 Å². The normalized spacial score (nSPS) is 18.9. The van der Waals surface area contributed by atoms with Gasteiger partial charge in [0.25, 0.3) is 0 Å². The van der Waals surface area contributed by atoms with E-state index in [-0.39, 0.29) is 6.04 Å². The van der Waals surface area contributed by atoms with Crippen molar-refractivity contribution in [2.75, 3.05) is 5.73 Å². The van der Waals surface area contributed by atoms with E-state index in [1.54, 1.807) is 6.20 Å². The summed E-state index contributed by atoms with van der Waals surface area (Å²) in [4.78, 5) is 9.43. The van der Waals surface area contributed by atoms with E-state index < -0.39 is 0 Å². The molecule has 4 N–H and O–H groups in total. The van der Waals surface area contributed by atoms with Crippen LogP contribution in [0.4, 0.5) is 5.82 Å². The molecule has 0 aliphatic heterocycles. The maximum Gasteiger partial charge on any atom is 0.150 e. The summed E-state index contributed by atoms with van der Waals surface area (Å²) in [6.07, 6.45) is 5.82. The van der Waals surface area contributed by atoms with Gasteiger partial charge in [-0.1, -0.05) is 56.3 Å². The molecule has 0 spiro atoms. The fraction of sp³-hybridized carbons (Fsp3) is 0.333. The van der Waals surface area contributed by atoms with Gasteiger partial charge in [0.1, 0.15) is 35.2 Å². The number of hydrogen-bond donors (Lipinski definition) is 2. The molecule has 1 fully saturated rings. The molecule has 0 amide bonds. The van der Waals surface area contributed by atoms with Gasteiger partial charge in [-0.2, -0.15) is 0 Å². The third kappa shape index (κ3) is 4.18. The zero-order valence-corrected chi connectivity index (χ0v) is 19.2. The predicted molar refractivity (Wildman–Crippen MR) is 132 cm³/mol. The molecular weight excluding hydrogens is 410 g/mol. The summed E-state index contributed by atoms with van der Waals surface area (Å²) in [7, 11) is 0. The molecule has 33 heavy (non-hydrogen) atoms. The van der Waals surface area contributed by atoms with Gasteiger partial charge in [-0.25, -0.2) is 9.97 Å². The zero-order chi connectivity index (χ0) is 22.9. The molecule has 1 saturated carbocycles. The Bertz CT molecular complexity index is 1240. The van der Waals surface area contributed by atoms with E-state index >= 15 is 0 Å². The van der Waals surface area contributed by atoms with Gasteiger partial charge in [0.05, 0.1) is 0 Å². The second-order valence-electron chi connectivity index (χ2n) is 9.40. The van der Waals surface area contributed by atoms with E-state index in [2.05, 4.69) is 35.4 Å². The summed E-state index contributed by atoms with van der Waals surface area (Å²) in [6, 6.07) is 18.4. The minimum absolute atomic E-state index is 0.233. The smallest absolute Gasteiger partial charge is 0.150 e. The summed E-state index contributed by atoms with van der Waals surface area (Å²) >= 11 is 0. The van der Waals surface area contributed by atoms with Gasteiger partial charge in [-0.15, -0.1) is 0 Å². The molecule has 2 aromatic carbocycles. The fourth-order valence-corrected chi connectivity index (χ4v) is 4.78. The van der Waals surface area contributed by atoms with E-state index in [0.29, 0.717) is 30.2 Å². The molecule has 5 rings (SSSR count). The number of benzene rings is 2. The van der Waals surface area contributed by atoms with Crippen molar-refractivity contribution in [3.8, 4) is 17.0 Å². The van der Waals surface area contributed by atoms with Gasteiger partial charge in [-0.3, -0.25) is 4.40 Å². The van der Waals surface area contributed by atoms with Crippen molar-refractivity contribution in [1.82, 2.24) is 14.4 Å². The summed E-state index contributed by atoms with van der Waals surface area (Å²) < 4.78 is 8.16. The Morgan fingerprint density at radius 1 is 1.09 bits per heavy atom. The largest absolute Gasteiger partial charge is 0.489 e. The van der Waals surface area contributed by atoms with Crippen molar-refractivity contribution < 1.29 is 4.74 Å². The van der Waals surface area contributed by atoms with E-state index in [9.17, 15) is 0 Å². The highest BCUT2D eigenvalue weighted by molar-refractivity contribution is 5.85. The zero-order valence-electron chi connectivity index (χ0n) is 19.2. The SMILES string of the molecule is CC(C)C(N)C1CC(c2nc(-c3cccc(OCc4ccccc4)c3)c3c(N)nccn23)C1. The van der Waals surface area contributed by atoms with Crippen LogP contribution in [0.1, 0.15) is 44.0 Å². The maximum absolute atomic E-state index is 6.41. The van der Waals surface area contributed by atoms with Crippen LogP contribution in [-0.2, 0) is 6.61 Å². The minimum Gasteiger partial charge on any atom is -0.489 e. The lowest BCUT2D eigenvalue weighted by Crippen LogP contribution is -2.42. The molecule has 0 bridgehead atoms. The molecule has 0 saturated heterocycles. The molecule has 170 valence electrons. The molecule has 1 atom stereocenters. The molecule has 2 aromatic heterocycles. The van der Waals surface area contributed by atoms with Crippen LogP contribution in [0.25, 0.3) is 16.8 Å². The lowest BCUT2D eigenvalue weighted by molar-refractivity contribution is 0.184. The van der Waals surface area contributed by atoms with Crippen LogP contribution in [0.5, 0.6) is 5.75 Å². The average Bonchev–Trinajstić information content (AvgIpc) is 3.18.